The Hall–Kier alpha value is -3.67. The molecule has 6 heteroatoms. The second-order valence-corrected chi connectivity index (χ2v) is 7.87. The molecule has 0 amide bonds. The van der Waals surface area contributed by atoms with E-state index in [0.29, 0.717) is 24.6 Å². The van der Waals surface area contributed by atoms with Crippen LogP contribution in [0.2, 0.25) is 0 Å². The van der Waals surface area contributed by atoms with Crippen LogP contribution < -0.4 is 10.6 Å². The van der Waals surface area contributed by atoms with E-state index in [-0.39, 0.29) is 0 Å². The molecule has 0 bridgehead atoms. The first kappa shape index (κ1) is 20.6. The molecule has 0 atom stereocenters. The first-order valence-electron chi connectivity index (χ1n) is 10.5. The molecular weight excluding hydrogens is 388 g/mol. The van der Waals surface area contributed by atoms with Crippen LogP contribution in [-0.4, -0.2) is 21.0 Å². The molecule has 2 aromatic carbocycles. The number of anilines is 3. The summed E-state index contributed by atoms with van der Waals surface area (Å²) in [6, 6.07) is 19.4. The lowest BCUT2D eigenvalue weighted by atomic mass is 9.64. The van der Waals surface area contributed by atoms with Crippen LogP contribution in [0.1, 0.15) is 38.7 Å². The summed E-state index contributed by atoms with van der Waals surface area (Å²) in [5.41, 5.74) is 3.72. The Balaban J connectivity index is 1.63. The summed E-state index contributed by atoms with van der Waals surface area (Å²) in [5.74, 6) is 0.424. The van der Waals surface area contributed by atoms with Gasteiger partial charge in [0.25, 0.3) is 0 Å². The highest BCUT2D eigenvalue weighted by Gasteiger charge is 2.45. The largest absolute Gasteiger partial charge is 0.481 e. The molecule has 0 saturated heterocycles. The monoisotopic (exact) mass is 414 g/mol. The predicted molar refractivity (Wildman–Crippen MR) is 123 cm³/mol. The van der Waals surface area contributed by atoms with E-state index in [1.807, 2.05) is 80.6 Å². The maximum atomic E-state index is 11.8. The first-order valence-corrected chi connectivity index (χ1v) is 10.5. The van der Waals surface area contributed by atoms with Crippen LogP contribution in [0.5, 0.6) is 0 Å². The number of hydrogen-bond acceptors (Lipinski definition) is 5. The van der Waals surface area contributed by atoms with Gasteiger partial charge in [0, 0.05) is 23.0 Å². The summed E-state index contributed by atoms with van der Waals surface area (Å²) >= 11 is 0. The molecule has 158 valence electrons. The molecule has 6 nitrogen and oxygen atoms in total. The highest BCUT2D eigenvalue weighted by atomic mass is 16.4. The van der Waals surface area contributed by atoms with E-state index in [9.17, 15) is 9.90 Å². The fraction of sp³-hybridized carbons (Fsp3) is 0.240. The van der Waals surface area contributed by atoms with Gasteiger partial charge in [-0.05, 0) is 44.4 Å². The molecule has 3 N–H and O–H groups in total. The minimum absolute atomic E-state index is 0.470. The SMILES string of the molecule is C/C=C(\C)Nc1cc(-c2ccccc2)nc(Nc2ccc(C3(C(=O)O)CCC3)cc2)n1. The van der Waals surface area contributed by atoms with Crippen molar-refractivity contribution in [3.05, 3.63) is 78.0 Å². The molecule has 1 aliphatic carbocycles. The summed E-state index contributed by atoms with van der Waals surface area (Å²) < 4.78 is 0. The zero-order valence-electron chi connectivity index (χ0n) is 17.7. The lowest BCUT2D eigenvalue weighted by Crippen LogP contribution is -2.42. The Morgan fingerprint density at radius 3 is 2.35 bits per heavy atom. The minimum atomic E-state index is -0.742. The molecule has 1 aliphatic rings. The molecule has 1 fully saturated rings. The van der Waals surface area contributed by atoms with Gasteiger partial charge in [0.1, 0.15) is 5.82 Å². The van der Waals surface area contributed by atoms with Crippen molar-refractivity contribution in [2.75, 3.05) is 10.6 Å². The van der Waals surface area contributed by atoms with Gasteiger partial charge in [-0.25, -0.2) is 4.98 Å². The van der Waals surface area contributed by atoms with E-state index in [4.69, 9.17) is 0 Å². The Bertz CT molecular complexity index is 1100. The summed E-state index contributed by atoms with van der Waals surface area (Å²) in [5, 5.41) is 16.2. The standard InChI is InChI=1S/C25H26N4O2/c1-3-17(2)26-22-16-21(18-8-5-4-6-9-18)28-24(29-22)27-20-12-10-19(11-13-20)25(23(30)31)14-7-15-25/h3-6,8-13,16H,7,14-15H2,1-2H3,(H,30,31)(H2,26,27,28,29)/b17-3+. The molecule has 1 heterocycles. The Morgan fingerprint density at radius 2 is 1.77 bits per heavy atom. The van der Waals surface area contributed by atoms with E-state index < -0.39 is 11.4 Å². The molecular formula is C25H26N4O2. The summed E-state index contributed by atoms with van der Waals surface area (Å²) in [6.45, 7) is 3.95. The van der Waals surface area contributed by atoms with Crippen molar-refractivity contribution >= 4 is 23.4 Å². The highest BCUT2D eigenvalue weighted by Crippen LogP contribution is 2.44. The third-order valence-corrected chi connectivity index (χ3v) is 5.86. The van der Waals surface area contributed by atoms with Crippen molar-refractivity contribution < 1.29 is 9.90 Å². The maximum Gasteiger partial charge on any atom is 0.314 e. The summed E-state index contributed by atoms with van der Waals surface area (Å²) in [6.07, 6.45) is 4.32. The summed E-state index contributed by atoms with van der Waals surface area (Å²) in [7, 11) is 0. The highest BCUT2D eigenvalue weighted by molar-refractivity contribution is 5.82. The number of carbonyl (C=O) groups is 1. The molecule has 4 rings (SSSR count). The molecule has 3 aromatic rings. The number of aliphatic carboxylic acids is 1. The third-order valence-electron chi connectivity index (χ3n) is 5.86. The van der Waals surface area contributed by atoms with E-state index in [1.54, 1.807) is 0 Å². The van der Waals surface area contributed by atoms with Crippen LogP contribution in [0.25, 0.3) is 11.3 Å². The first-order chi connectivity index (χ1) is 15.0. The zero-order valence-corrected chi connectivity index (χ0v) is 17.7. The number of hydrogen-bond donors (Lipinski definition) is 3. The average molecular weight is 415 g/mol. The molecule has 0 radical (unpaired) electrons. The van der Waals surface area contributed by atoms with Gasteiger partial charge in [-0.1, -0.05) is 55.0 Å². The van der Waals surface area contributed by atoms with Gasteiger partial charge < -0.3 is 15.7 Å². The van der Waals surface area contributed by atoms with Gasteiger partial charge in [0.2, 0.25) is 5.95 Å². The zero-order chi connectivity index (χ0) is 21.8. The van der Waals surface area contributed by atoms with Gasteiger partial charge in [-0.3, -0.25) is 4.79 Å². The molecule has 1 saturated carbocycles. The second-order valence-electron chi connectivity index (χ2n) is 7.87. The Kier molecular flexibility index (Phi) is 5.71. The minimum Gasteiger partial charge on any atom is -0.481 e. The molecule has 1 aromatic heterocycles. The van der Waals surface area contributed by atoms with Gasteiger partial charge >= 0.3 is 5.97 Å². The Labute approximate surface area is 182 Å². The maximum absolute atomic E-state index is 11.8. The van der Waals surface area contributed by atoms with Crippen molar-refractivity contribution in [3.8, 4) is 11.3 Å². The number of allylic oxidation sites excluding steroid dienone is 2. The smallest absolute Gasteiger partial charge is 0.314 e. The number of rotatable bonds is 7. The quantitative estimate of drug-likeness (QED) is 0.458. The van der Waals surface area contributed by atoms with Crippen molar-refractivity contribution in [2.45, 2.75) is 38.5 Å². The fourth-order valence-corrected chi connectivity index (χ4v) is 3.76. The third kappa shape index (κ3) is 4.28. The number of carboxylic acids is 1. The molecule has 0 spiro atoms. The van der Waals surface area contributed by atoms with Crippen molar-refractivity contribution in [3.63, 3.8) is 0 Å². The molecule has 31 heavy (non-hydrogen) atoms. The topological polar surface area (TPSA) is 87.1 Å². The van der Waals surface area contributed by atoms with Crippen LogP contribution in [0.4, 0.5) is 17.5 Å². The van der Waals surface area contributed by atoms with Crippen LogP contribution in [-0.2, 0) is 10.2 Å². The van der Waals surface area contributed by atoms with Gasteiger partial charge in [0.05, 0.1) is 11.1 Å². The number of nitrogens with zero attached hydrogens (tertiary/aromatic N) is 2. The summed E-state index contributed by atoms with van der Waals surface area (Å²) in [4.78, 5) is 21.0. The lowest BCUT2D eigenvalue weighted by Gasteiger charge is -2.38. The van der Waals surface area contributed by atoms with Crippen LogP contribution >= 0.6 is 0 Å². The number of nitrogens with one attached hydrogen (secondary N) is 2. The Morgan fingerprint density at radius 1 is 1.06 bits per heavy atom. The van der Waals surface area contributed by atoms with Crippen LogP contribution in [0.3, 0.4) is 0 Å². The van der Waals surface area contributed by atoms with E-state index >= 15 is 0 Å². The fourth-order valence-electron chi connectivity index (χ4n) is 3.76. The van der Waals surface area contributed by atoms with Crippen LogP contribution in [0.15, 0.2) is 72.4 Å². The number of benzene rings is 2. The van der Waals surface area contributed by atoms with E-state index in [2.05, 4.69) is 20.6 Å². The van der Waals surface area contributed by atoms with Gasteiger partial charge in [-0.15, -0.1) is 0 Å². The lowest BCUT2D eigenvalue weighted by molar-refractivity contribution is -0.147. The average Bonchev–Trinajstić information content (AvgIpc) is 2.74. The van der Waals surface area contributed by atoms with Gasteiger partial charge in [0.15, 0.2) is 0 Å². The normalized spacial score (nSPS) is 15.1. The van der Waals surface area contributed by atoms with Crippen LogP contribution in [0, 0.1) is 0 Å². The second kappa shape index (κ2) is 8.60. The molecule has 0 unspecified atom stereocenters. The van der Waals surface area contributed by atoms with E-state index in [1.165, 1.54) is 0 Å². The predicted octanol–water partition coefficient (Wildman–Crippen LogP) is 5.73. The van der Waals surface area contributed by atoms with E-state index in [0.717, 1.165) is 34.6 Å². The molecule has 0 aliphatic heterocycles. The number of carboxylic acid groups (broad SMARTS) is 1. The van der Waals surface area contributed by atoms with Gasteiger partial charge in [-0.2, -0.15) is 4.98 Å². The number of aromatic nitrogens is 2. The van der Waals surface area contributed by atoms with Crippen molar-refractivity contribution in [1.82, 2.24) is 9.97 Å². The van der Waals surface area contributed by atoms with Crippen molar-refractivity contribution in [2.24, 2.45) is 0 Å². The van der Waals surface area contributed by atoms with Crippen molar-refractivity contribution in [1.29, 1.82) is 0 Å².